The second kappa shape index (κ2) is 5.16. The van der Waals surface area contributed by atoms with E-state index in [1.54, 1.807) is 7.11 Å². The number of methoxy groups -OCH3 is 1. The van der Waals surface area contributed by atoms with Crippen LogP contribution >= 0.6 is 0 Å². The molecular weight excluding hydrogens is 256 g/mol. The molecule has 0 aliphatic carbocycles. The van der Waals surface area contributed by atoms with Crippen LogP contribution in [-0.4, -0.2) is 28.8 Å². The Labute approximate surface area is 115 Å². The van der Waals surface area contributed by atoms with Gasteiger partial charge in [-0.25, -0.2) is 4.98 Å². The van der Waals surface area contributed by atoms with Crippen molar-refractivity contribution in [1.82, 2.24) is 15.1 Å². The van der Waals surface area contributed by atoms with Gasteiger partial charge in [0.15, 0.2) is 0 Å². The van der Waals surface area contributed by atoms with Gasteiger partial charge in [-0.2, -0.15) is 4.98 Å². The minimum Gasteiger partial charge on any atom is -0.497 e. The second-order valence-corrected chi connectivity index (χ2v) is 4.20. The summed E-state index contributed by atoms with van der Waals surface area (Å²) in [6.45, 7) is 2.77. The number of aromatic nitrogens is 3. The molecule has 20 heavy (non-hydrogen) atoms. The topological polar surface area (TPSA) is 73.1 Å². The van der Waals surface area contributed by atoms with Crippen molar-refractivity contribution in [3.63, 3.8) is 0 Å². The smallest absolute Gasteiger partial charge is 0.263 e. The van der Waals surface area contributed by atoms with Gasteiger partial charge in [-0.1, -0.05) is 17.3 Å². The Morgan fingerprint density at radius 1 is 1.30 bits per heavy atom. The molecule has 6 nitrogen and oxygen atoms in total. The van der Waals surface area contributed by atoms with Crippen molar-refractivity contribution in [2.45, 2.75) is 6.92 Å². The van der Waals surface area contributed by atoms with Crippen LogP contribution in [0.5, 0.6) is 5.75 Å². The summed E-state index contributed by atoms with van der Waals surface area (Å²) in [5.74, 6) is 1.48. The molecule has 0 saturated carbocycles. The van der Waals surface area contributed by atoms with Crippen LogP contribution < -0.4 is 10.1 Å². The Morgan fingerprint density at radius 3 is 3.00 bits per heavy atom. The molecule has 1 aromatic carbocycles. The summed E-state index contributed by atoms with van der Waals surface area (Å²) in [5.41, 5.74) is 2.07. The van der Waals surface area contributed by atoms with Crippen LogP contribution in [0.3, 0.4) is 0 Å². The first-order chi connectivity index (χ1) is 9.83. The summed E-state index contributed by atoms with van der Waals surface area (Å²) in [6.07, 6.45) is 1.46. The van der Waals surface area contributed by atoms with Gasteiger partial charge < -0.3 is 14.6 Å². The standard InChI is InChI=1S/C14H14N4O2/c1-3-15-13-11-12(18-20-14(11)17-8-16-13)9-5-4-6-10(7-9)19-2/h4-8H,3H2,1-2H3,(H,15,16,17). The third-order valence-electron chi connectivity index (χ3n) is 2.96. The van der Waals surface area contributed by atoms with Crippen molar-refractivity contribution in [2.24, 2.45) is 0 Å². The molecule has 0 atom stereocenters. The molecular formula is C14H14N4O2. The first kappa shape index (κ1) is 12.4. The maximum absolute atomic E-state index is 5.28. The number of nitrogens with one attached hydrogen (secondary N) is 1. The Balaban J connectivity index is 2.20. The van der Waals surface area contributed by atoms with E-state index in [1.165, 1.54) is 6.33 Å². The first-order valence-electron chi connectivity index (χ1n) is 6.32. The number of ether oxygens (including phenoxy) is 1. The monoisotopic (exact) mass is 270 g/mol. The fourth-order valence-electron chi connectivity index (χ4n) is 2.06. The van der Waals surface area contributed by atoms with E-state index in [4.69, 9.17) is 9.26 Å². The Morgan fingerprint density at radius 2 is 2.20 bits per heavy atom. The number of nitrogens with zero attached hydrogens (tertiary/aromatic N) is 3. The molecule has 0 saturated heterocycles. The predicted octanol–water partition coefficient (Wildman–Crippen LogP) is 2.73. The Kier molecular flexibility index (Phi) is 3.20. The molecule has 3 aromatic rings. The molecule has 0 spiro atoms. The second-order valence-electron chi connectivity index (χ2n) is 4.20. The highest BCUT2D eigenvalue weighted by atomic mass is 16.5. The van der Waals surface area contributed by atoms with Crippen molar-refractivity contribution >= 4 is 16.9 Å². The van der Waals surface area contributed by atoms with Crippen LogP contribution in [0.1, 0.15) is 6.92 Å². The summed E-state index contributed by atoms with van der Waals surface area (Å²) in [7, 11) is 1.63. The van der Waals surface area contributed by atoms with E-state index < -0.39 is 0 Å². The number of fused-ring (bicyclic) bond motifs is 1. The van der Waals surface area contributed by atoms with Gasteiger partial charge in [0.05, 0.1) is 7.11 Å². The SMILES string of the molecule is CCNc1ncnc2onc(-c3cccc(OC)c3)c12. The van der Waals surface area contributed by atoms with E-state index in [1.807, 2.05) is 31.2 Å². The summed E-state index contributed by atoms with van der Waals surface area (Å²) < 4.78 is 10.5. The molecule has 0 aliphatic heterocycles. The maximum atomic E-state index is 5.28. The lowest BCUT2D eigenvalue weighted by atomic mass is 10.1. The van der Waals surface area contributed by atoms with Crippen LogP contribution in [0.4, 0.5) is 5.82 Å². The van der Waals surface area contributed by atoms with Gasteiger partial charge in [-0.3, -0.25) is 0 Å². The molecule has 6 heteroatoms. The highest BCUT2D eigenvalue weighted by molar-refractivity contribution is 5.97. The summed E-state index contributed by atoms with van der Waals surface area (Å²) in [4.78, 5) is 8.35. The van der Waals surface area contributed by atoms with Crippen molar-refractivity contribution in [3.8, 4) is 17.0 Å². The Hall–Kier alpha value is -2.63. The zero-order chi connectivity index (χ0) is 13.9. The fraction of sp³-hybridized carbons (Fsp3) is 0.214. The molecule has 1 N–H and O–H groups in total. The molecule has 2 aromatic heterocycles. The minimum atomic E-state index is 0.466. The van der Waals surface area contributed by atoms with Crippen LogP contribution in [0, 0.1) is 0 Å². The van der Waals surface area contributed by atoms with Crippen LogP contribution in [-0.2, 0) is 0 Å². The molecule has 102 valence electrons. The minimum absolute atomic E-state index is 0.466. The van der Waals surface area contributed by atoms with Gasteiger partial charge >= 0.3 is 0 Å². The molecule has 0 radical (unpaired) electrons. The van der Waals surface area contributed by atoms with Gasteiger partial charge in [0.2, 0.25) is 0 Å². The van der Waals surface area contributed by atoms with Crippen LogP contribution in [0.2, 0.25) is 0 Å². The number of hydrogen-bond acceptors (Lipinski definition) is 6. The molecule has 2 heterocycles. The van der Waals surface area contributed by atoms with E-state index in [0.717, 1.165) is 29.1 Å². The lowest BCUT2D eigenvalue weighted by Crippen LogP contribution is -2.00. The van der Waals surface area contributed by atoms with E-state index in [2.05, 4.69) is 20.4 Å². The zero-order valence-electron chi connectivity index (χ0n) is 11.3. The molecule has 0 amide bonds. The first-order valence-corrected chi connectivity index (χ1v) is 6.32. The zero-order valence-corrected chi connectivity index (χ0v) is 11.3. The van der Waals surface area contributed by atoms with E-state index >= 15 is 0 Å². The average molecular weight is 270 g/mol. The third-order valence-corrected chi connectivity index (χ3v) is 2.96. The highest BCUT2D eigenvalue weighted by Gasteiger charge is 2.16. The molecule has 0 unspecified atom stereocenters. The van der Waals surface area contributed by atoms with Gasteiger partial charge in [0.1, 0.15) is 29.0 Å². The highest BCUT2D eigenvalue weighted by Crippen LogP contribution is 2.32. The predicted molar refractivity (Wildman–Crippen MR) is 75.8 cm³/mol. The summed E-state index contributed by atoms with van der Waals surface area (Å²) >= 11 is 0. The maximum Gasteiger partial charge on any atom is 0.263 e. The van der Waals surface area contributed by atoms with Gasteiger partial charge in [0, 0.05) is 12.1 Å². The quantitative estimate of drug-likeness (QED) is 0.785. The van der Waals surface area contributed by atoms with Crippen molar-refractivity contribution in [2.75, 3.05) is 19.0 Å². The lowest BCUT2D eigenvalue weighted by Gasteiger charge is -2.04. The largest absolute Gasteiger partial charge is 0.497 e. The van der Waals surface area contributed by atoms with Gasteiger partial charge in [-0.05, 0) is 19.1 Å². The molecule has 0 bridgehead atoms. The summed E-state index contributed by atoms with van der Waals surface area (Å²) in [5, 5.41) is 8.08. The third kappa shape index (κ3) is 2.05. The number of anilines is 1. The number of benzene rings is 1. The van der Waals surface area contributed by atoms with Crippen LogP contribution in [0.25, 0.3) is 22.4 Å². The molecule has 0 aliphatic rings. The normalized spacial score (nSPS) is 10.7. The van der Waals surface area contributed by atoms with Crippen LogP contribution in [0.15, 0.2) is 35.1 Å². The van der Waals surface area contributed by atoms with E-state index in [0.29, 0.717) is 11.4 Å². The summed E-state index contributed by atoms with van der Waals surface area (Å²) in [6, 6.07) is 7.64. The molecule has 0 fully saturated rings. The van der Waals surface area contributed by atoms with Gasteiger partial charge in [-0.15, -0.1) is 0 Å². The number of rotatable bonds is 4. The van der Waals surface area contributed by atoms with E-state index in [-0.39, 0.29) is 0 Å². The van der Waals surface area contributed by atoms with Crippen molar-refractivity contribution < 1.29 is 9.26 Å². The van der Waals surface area contributed by atoms with Gasteiger partial charge in [0.25, 0.3) is 5.71 Å². The number of hydrogen-bond donors (Lipinski definition) is 1. The van der Waals surface area contributed by atoms with E-state index in [9.17, 15) is 0 Å². The molecule has 3 rings (SSSR count). The fourth-order valence-corrected chi connectivity index (χ4v) is 2.06. The van der Waals surface area contributed by atoms with Crippen molar-refractivity contribution in [3.05, 3.63) is 30.6 Å². The Bertz CT molecular complexity index is 739. The van der Waals surface area contributed by atoms with Crippen molar-refractivity contribution in [1.29, 1.82) is 0 Å². The average Bonchev–Trinajstić information content (AvgIpc) is 2.93. The lowest BCUT2D eigenvalue weighted by molar-refractivity contribution is 0.415.